The van der Waals surface area contributed by atoms with E-state index in [-0.39, 0.29) is 18.8 Å². The first-order valence-electron chi connectivity index (χ1n) is 6.78. The summed E-state index contributed by atoms with van der Waals surface area (Å²) in [6.45, 7) is 1.66. The van der Waals surface area contributed by atoms with E-state index in [1.807, 2.05) is 24.3 Å². The Balaban J connectivity index is 0.00000176. The van der Waals surface area contributed by atoms with Gasteiger partial charge in [-0.3, -0.25) is 9.79 Å². The van der Waals surface area contributed by atoms with E-state index >= 15 is 0 Å². The maximum atomic E-state index is 10.8. The second-order valence-electron chi connectivity index (χ2n) is 4.81. The number of thioether (sulfide) groups is 1. The SMILES string of the molecule is COc1ccc(C2=C(CCC(=O)O)SC3=NCCN32)cc1.[Cl-]. The van der Waals surface area contributed by atoms with Crippen LogP contribution in [0.3, 0.4) is 0 Å². The molecule has 1 aromatic carbocycles. The van der Waals surface area contributed by atoms with E-state index in [0.717, 1.165) is 40.2 Å². The first-order valence-corrected chi connectivity index (χ1v) is 7.60. The molecule has 0 unspecified atom stereocenters. The molecule has 0 aromatic heterocycles. The van der Waals surface area contributed by atoms with Crippen LogP contribution in [-0.2, 0) is 4.79 Å². The molecule has 2 aliphatic heterocycles. The number of methoxy groups -OCH3 is 1. The van der Waals surface area contributed by atoms with Gasteiger partial charge in [0.1, 0.15) is 5.75 Å². The molecule has 0 radical (unpaired) electrons. The molecule has 0 spiro atoms. The van der Waals surface area contributed by atoms with Crippen LogP contribution in [0.15, 0.2) is 34.2 Å². The smallest absolute Gasteiger partial charge is 0.303 e. The third kappa shape index (κ3) is 3.23. The molecule has 0 atom stereocenters. The summed E-state index contributed by atoms with van der Waals surface area (Å²) < 4.78 is 5.19. The number of hydrogen-bond donors (Lipinski definition) is 1. The standard InChI is InChI=1S/C15H16N2O3S.ClH/c1-20-11-4-2-10(3-5-11)14-12(6-7-13(18)19)21-15-16-8-9-17(14)15;/h2-5H,6-9H2,1H3,(H,18,19);1H/p-1. The van der Waals surface area contributed by atoms with Crippen molar-refractivity contribution in [2.75, 3.05) is 20.2 Å². The van der Waals surface area contributed by atoms with Crippen LogP contribution in [-0.4, -0.2) is 41.3 Å². The largest absolute Gasteiger partial charge is 1.00 e. The highest BCUT2D eigenvalue weighted by molar-refractivity contribution is 8.17. The van der Waals surface area contributed by atoms with Crippen molar-refractivity contribution in [2.45, 2.75) is 12.8 Å². The number of aliphatic carboxylic acids is 1. The summed E-state index contributed by atoms with van der Waals surface area (Å²) in [6, 6.07) is 7.87. The summed E-state index contributed by atoms with van der Waals surface area (Å²) in [5.74, 6) is 0.0403. The molecule has 0 saturated carbocycles. The predicted octanol–water partition coefficient (Wildman–Crippen LogP) is -0.349. The highest BCUT2D eigenvalue weighted by Crippen LogP contribution is 2.43. The number of rotatable bonds is 5. The molecule has 3 rings (SSSR count). The van der Waals surface area contributed by atoms with Gasteiger partial charge in [0.2, 0.25) is 0 Å². The number of allylic oxidation sites excluding steroid dienone is 1. The van der Waals surface area contributed by atoms with E-state index in [0.29, 0.717) is 6.42 Å². The van der Waals surface area contributed by atoms with Gasteiger partial charge < -0.3 is 27.2 Å². The lowest BCUT2D eigenvalue weighted by Crippen LogP contribution is -3.00. The first-order chi connectivity index (χ1) is 10.2. The van der Waals surface area contributed by atoms with Crippen LogP contribution in [0, 0.1) is 0 Å². The van der Waals surface area contributed by atoms with E-state index in [2.05, 4.69) is 9.89 Å². The van der Waals surface area contributed by atoms with Crippen molar-refractivity contribution in [2.24, 2.45) is 4.99 Å². The minimum Gasteiger partial charge on any atom is -1.00 e. The van der Waals surface area contributed by atoms with Gasteiger partial charge in [0, 0.05) is 17.9 Å². The Bertz CT molecular complexity index is 628. The van der Waals surface area contributed by atoms with E-state index in [1.165, 1.54) is 0 Å². The molecule has 0 saturated heterocycles. The minimum atomic E-state index is -0.772. The lowest BCUT2D eigenvalue weighted by atomic mass is 10.1. The lowest BCUT2D eigenvalue weighted by molar-refractivity contribution is -0.136. The van der Waals surface area contributed by atoms with E-state index in [9.17, 15) is 4.79 Å². The Labute approximate surface area is 139 Å². The molecule has 0 fully saturated rings. The van der Waals surface area contributed by atoms with Crippen LogP contribution in [0.2, 0.25) is 0 Å². The van der Waals surface area contributed by atoms with Gasteiger partial charge in [-0.25, -0.2) is 0 Å². The molecule has 2 aliphatic rings. The van der Waals surface area contributed by atoms with Crippen molar-refractivity contribution < 1.29 is 27.0 Å². The maximum Gasteiger partial charge on any atom is 0.303 e. The Morgan fingerprint density at radius 2 is 2.14 bits per heavy atom. The van der Waals surface area contributed by atoms with Crippen LogP contribution >= 0.6 is 11.8 Å². The van der Waals surface area contributed by atoms with E-state index in [1.54, 1.807) is 18.9 Å². The molecule has 22 heavy (non-hydrogen) atoms. The number of benzene rings is 1. The minimum absolute atomic E-state index is 0. The molecule has 5 nitrogen and oxygen atoms in total. The summed E-state index contributed by atoms with van der Waals surface area (Å²) in [5.41, 5.74) is 2.18. The fourth-order valence-electron chi connectivity index (χ4n) is 2.49. The number of carboxylic acids is 1. The van der Waals surface area contributed by atoms with Crippen molar-refractivity contribution >= 4 is 28.6 Å². The van der Waals surface area contributed by atoms with Crippen LogP contribution < -0.4 is 17.1 Å². The highest BCUT2D eigenvalue weighted by Gasteiger charge is 2.32. The summed E-state index contributed by atoms with van der Waals surface area (Å²) >= 11 is 1.60. The van der Waals surface area contributed by atoms with Crippen molar-refractivity contribution in [1.82, 2.24) is 4.90 Å². The third-order valence-electron chi connectivity index (χ3n) is 3.48. The van der Waals surface area contributed by atoms with Gasteiger partial charge in [0.15, 0.2) is 5.17 Å². The maximum absolute atomic E-state index is 10.8. The number of nitrogens with zero attached hydrogens (tertiary/aromatic N) is 2. The molecule has 0 amide bonds. The van der Waals surface area contributed by atoms with Crippen molar-refractivity contribution in [1.29, 1.82) is 0 Å². The number of halogens is 1. The number of amidine groups is 1. The van der Waals surface area contributed by atoms with Crippen LogP contribution in [0.5, 0.6) is 5.75 Å². The molecule has 1 aromatic rings. The highest BCUT2D eigenvalue weighted by atomic mass is 35.5. The van der Waals surface area contributed by atoms with Gasteiger partial charge in [-0.1, -0.05) is 11.8 Å². The number of carboxylic acid groups (broad SMARTS) is 1. The Morgan fingerprint density at radius 1 is 1.41 bits per heavy atom. The Morgan fingerprint density at radius 3 is 2.77 bits per heavy atom. The summed E-state index contributed by atoms with van der Waals surface area (Å²) in [6.07, 6.45) is 0.681. The second kappa shape index (κ2) is 7.07. The van der Waals surface area contributed by atoms with Crippen LogP contribution in [0.25, 0.3) is 5.70 Å². The summed E-state index contributed by atoms with van der Waals surface area (Å²) in [5, 5.41) is 9.90. The monoisotopic (exact) mass is 339 g/mol. The number of aliphatic imine (C=N–C) groups is 1. The zero-order valence-electron chi connectivity index (χ0n) is 12.1. The van der Waals surface area contributed by atoms with Crippen molar-refractivity contribution in [3.8, 4) is 5.75 Å². The Hall–Kier alpha value is -1.66. The number of hydrogen-bond acceptors (Lipinski definition) is 5. The average Bonchev–Trinajstić information content (AvgIpc) is 3.05. The van der Waals surface area contributed by atoms with Gasteiger partial charge in [-0.15, -0.1) is 0 Å². The fourth-order valence-corrected chi connectivity index (χ4v) is 3.68. The van der Waals surface area contributed by atoms with Crippen LogP contribution in [0.4, 0.5) is 0 Å². The van der Waals surface area contributed by atoms with Crippen molar-refractivity contribution in [3.63, 3.8) is 0 Å². The van der Waals surface area contributed by atoms with Gasteiger partial charge in [0.05, 0.1) is 19.4 Å². The van der Waals surface area contributed by atoms with E-state index in [4.69, 9.17) is 9.84 Å². The third-order valence-corrected chi connectivity index (χ3v) is 4.66. The predicted molar refractivity (Wildman–Crippen MR) is 83.4 cm³/mol. The quantitative estimate of drug-likeness (QED) is 0.794. The molecule has 0 bridgehead atoms. The topological polar surface area (TPSA) is 62.1 Å². The fraction of sp³-hybridized carbons (Fsp3) is 0.333. The molecule has 0 aliphatic carbocycles. The Kier molecular flexibility index (Phi) is 5.37. The zero-order valence-corrected chi connectivity index (χ0v) is 13.7. The average molecular weight is 340 g/mol. The lowest BCUT2D eigenvalue weighted by Gasteiger charge is -2.17. The summed E-state index contributed by atoms with van der Waals surface area (Å²) in [4.78, 5) is 18.6. The van der Waals surface area contributed by atoms with Crippen LogP contribution in [0.1, 0.15) is 18.4 Å². The van der Waals surface area contributed by atoms with Gasteiger partial charge in [-0.2, -0.15) is 0 Å². The normalized spacial score (nSPS) is 16.2. The van der Waals surface area contributed by atoms with Gasteiger partial charge in [-0.05, 0) is 36.2 Å². The summed E-state index contributed by atoms with van der Waals surface area (Å²) in [7, 11) is 1.64. The van der Waals surface area contributed by atoms with Crippen molar-refractivity contribution in [3.05, 3.63) is 34.7 Å². The zero-order chi connectivity index (χ0) is 14.8. The number of ether oxygens (including phenoxy) is 1. The molecule has 2 heterocycles. The molecule has 118 valence electrons. The number of fused-ring (bicyclic) bond motifs is 1. The number of carbonyl (C=O) groups is 1. The molecular weight excluding hydrogens is 324 g/mol. The van der Waals surface area contributed by atoms with E-state index < -0.39 is 5.97 Å². The molecular formula is C15H16ClN2O3S-. The molecule has 7 heteroatoms. The van der Waals surface area contributed by atoms with Gasteiger partial charge in [0.25, 0.3) is 0 Å². The second-order valence-corrected chi connectivity index (χ2v) is 5.87. The molecule has 1 N–H and O–H groups in total. The first kappa shape index (κ1) is 16.7. The van der Waals surface area contributed by atoms with Gasteiger partial charge >= 0.3 is 5.97 Å².